The number of methoxy groups -OCH3 is 1. The summed E-state index contributed by atoms with van der Waals surface area (Å²) in [5.41, 5.74) is 1.38. The number of para-hydroxylation sites is 1. The van der Waals surface area contributed by atoms with Crippen molar-refractivity contribution >= 4 is 6.21 Å². The van der Waals surface area contributed by atoms with Crippen molar-refractivity contribution in [3.05, 3.63) is 59.7 Å². The van der Waals surface area contributed by atoms with Crippen LogP contribution in [0, 0.1) is 0 Å². The van der Waals surface area contributed by atoms with Gasteiger partial charge < -0.3 is 14.9 Å². The van der Waals surface area contributed by atoms with Gasteiger partial charge in [-0.1, -0.05) is 24.3 Å². The molecule has 0 heterocycles. The number of phenols is 1. The number of phenolic OH excluding ortho intramolecular Hbond substituents is 1. The molecule has 2 aromatic carbocycles. The van der Waals surface area contributed by atoms with Crippen molar-refractivity contribution in [1.29, 1.82) is 0 Å². The van der Waals surface area contributed by atoms with E-state index in [0.717, 1.165) is 5.56 Å². The van der Waals surface area contributed by atoms with E-state index in [2.05, 4.69) is 4.99 Å². The minimum absolute atomic E-state index is 0.173. The van der Waals surface area contributed by atoms with Crippen molar-refractivity contribution in [1.82, 2.24) is 0 Å². The van der Waals surface area contributed by atoms with Gasteiger partial charge in [0.2, 0.25) is 0 Å². The van der Waals surface area contributed by atoms with Gasteiger partial charge in [0.05, 0.1) is 19.8 Å². The molecule has 4 nitrogen and oxygen atoms in total. The quantitative estimate of drug-likeness (QED) is 0.821. The van der Waals surface area contributed by atoms with Crippen molar-refractivity contribution < 1.29 is 14.9 Å². The van der Waals surface area contributed by atoms with E-state index in [1.54, 1.807) is 37.6 Å². The fourth-order valence-electron chi connectivity index (χ4n) is 1.80. The highest BCUT2D eigenvalue weighted by Gasteiger charge is 2.07. The molecule has 0 aromatic heterocycles. The molecule has 0 fully saturated rings. The molecular weight excluding hydrogens is 254 g/mol. The Kier molecular flexibility index (Phi) is 4.74. The van der Waals surface area contributed by atoms with Gasteiger partial charge in [-0.15, -0.1) is 0 Å². The summed E-state index contributed by atoms with van der Waals surface area (Å²) in [6, 6.07) is 14.2. The molecule has 0 radical (unpaired) electrons. The molecule has 20 heavy (non-hydrogen) atoms. The normalized spacial score (nSPS) is 12.5. The number of ether oxygens (including phenoxy) is 1. The Labute approximate surface area is 118 Å². The number of aliphatic hydroxyl groups excluding tert-OH is 1. The number of hydrogen-bond acceptors (Lipinski definition) is 4. The Bertz CT molecular complexity index is 596. The number of hydrogen-bond donors (Lipinski definition) is 2. The molecule has 1 unspecified atom stereocenters. The predicted molar refractivity (Wildman–Crippen MR) is 78.5 cm³/mol. The van der Waals surface area contributed by atoms with Crippen LogP contribution in [0.3, 0.4) is 0 Å². The Morgan fingerprint density at radius 3 is 2.75 bits per heavy atom. The molecule has 0 saturated heterocycles. The Balaban J connectivity index is 2.01. The molecule has 0 spiro atoms. The lowest BCUT2D eigenvalue weighted by atomic mass is 10.1. The maximum Gasteiger partial charge on any atom is 0.124 e. The summed E-state index contributed by atoms with van der Waals surface area (Å²) in [5, 5.41) is 19.6. The van der Waals surface area contributed by atoms with Crippen molar-refractivity contribution in [2.75, 3.05) is 13.7 Å². The summed E-state index contributed by atoms with van der Waals surface area (Å²) in [5.74, 6) is 0.873. The number of aromatic hydroxyl groups is 1. The number of aliphatic imine (C=N–C) groups is 1. The topological polar surface area (TPSA) is 62.0 Å². The lowest BCUT2D eigenvalue weighted by Crippen LogP contribution is -2.02. The smallest absolute Gasteiger partial charge is 0.124 e. The Morgan fingerprint density at radius 2 is 2.00 bits per heavy atom. The van der Waals surface area contributed by atoms with Crippen LogP contribution in [-0.2, 0) is 0 Å². The molecule has 0 saturated carbocycles. The number of rotatable bonds is 5. The molecule has 4 heteroatoms. The third-order valence-corrected chi connectivity index (χ3v) is 2.92. The molecule has 2 rings (SSSR count). The molecular formula is C16H17NO3. The lowest BCUT2D eigenvalue weighted by Gasteiger charge is -2.09. The van der Waals surface area contributed by atoms with Crippen LogP contribution in [0.15, 0.2) is 53.5 Å². The molecule has 2 N–H and O–H groups in total. The number of nitrogens with zero attached hydrogens (tertiary/aromatic N) is 1. The van der Waals surface area contributed by atoms with E-state index in [-0.39, 0.29) is 12.3 Å². The first-order valence-electron chi connectivity index (χ1n) is 6.30. The van der Waals surface area contributed by atoms with Gasteiger partial charge in [-0.2, -0.15) is 0 Å². The summed E-state index contributed by atoms with van der Waals surface area (Å²) >= 11 is 0. The van der Waals surface area contributed by atoms with E-state index >= 15 is 0 Å². The highest BCUT2D eigenvalue weighted by atomic mass is 16.5. The average molecular weight is 271 g/mol. The van der Waals surface area contributed by atoms with Crippen molar-refractivity contribution in [3.63, 3.8) is 0 Å². The van der Waals surface area contributed by atoms with E-state index in [9.17, 15) is 10.2 Å². The molecule has 2 aromatic rings. The molecule has 1 atom stereocenters. The Morgan fingerprint density at radius 1 is 1.20 bits per heavy atom. The van der Waals surface area contributed by atoms with E-state index in [1.165, 1.54) is 0 Å². The van der Waals surface area contributed by atoms with Crippen molar-refractivity contribution in [3.8, 4) is 11.5 Å². The Hall–Kier alpha value is -2.33. The van der Waals surface area contributed by atoms with Gasteiger partial charge in [0, 0.05) is 11.8 Å². The van der Waals surface area contributed by atoms with Gasteiger partial charge in [-0.25, -0.2) is 0 Å². The second-order valence-electron chi connectivity index (χ2n) is 4.35. The summed E-state index contributed by atoms with van der Waals surface area (Å²) in [4.78, 5) is 4.16. The first-order valence-corrected chi connectivity index (χ1v) is 6.30. The molecule has 0 bridgehead atoms. The summed E-state index contributed by atoms with van der Waals surface area (Å²) in [6.07, 6.45) is 0.853. The molecule has 104 valence electrons. The molecule has 0 aliphatic carbocycles. The van der Waals surface area contributed by atoms with Gasteiger partial charge >= 0.3 is 0 Å². The van der Waals surface area contributed by atoms with Crippen LogP contribution >= 0.6 is 0 Å². The van der Waals surface area contributed by atoms with Crippen LogP contribution in [0.25, 0.3) is 0 Å². The van der Waals surface area contributed by atoms with Crippen LogP contribution in [0.5, 0.6) is 11.5 Å². The van der Waals surface area contributed by atoms with Gasteiger partial charge in [-0.3, -0.25) is 4.99 Å². The first-order chi connectivity index (χ1) is 9.70. The fourth-order valence-corrected chi connectivity index (χ4v) is 1.80. The zero-order valence-corrected chi connectivity index (χ0v) is 11.2. The first kappa shape index (κ1) is 14.1. The third kappa shape index (κ3) is 3.59. The van der Waals surface area contributed by atoms with Crippen LogP contribution in [-0.4, -0.2) is 30.1 Å². The van der Waals surface area contributed by atoms with E-state index in [0.29, 0.717) is 11.3 Å². The average Bonchev–Trinajstić information content (AvgIpc) is 2.49. The number of benzene rings is 2. The standard InChI is InChI=1S/C16H17NO3/c1-20-14-7-4-6-12(9-14)16(19)11-17-10-13-5-2-3-8-15(13)18/h2-10,16,18-19H,11H2,1H3. The summed E-state index contributed by atoms with van der Waals surface area (Å²) in [7, 11) is 1.59. The highest BCUT2D eigenvalue weighted by Crippen LogP contribution is 2.19. The van der Waals surface area contributed by atoms with Gasteiger partial charge in [0.1, 0.15) is 11.5 Å². The lowest BCUT2D eigenvalue weighted by molar-refractivity contribution is 0.187. The fraction of sp³-hybridized carbons (Fsp3) is 0.188. The van der Waals surface area contributed by atoms with Gasteiger partial charge in [-0.05, 0) is 29.8 Å². The van der Waals surface area contributed by atoms with Crippen molar-refractivity contribution in [2.45, 2.75) is 6.10 Å². The van der Waals surface area contributed by atoms with Crippen LogP contribution < -0.4 is 4.74 Å². The summed E-state index contributed by atoms with van der Waals surface area (Å²) in [6.45, 7) is 0.224. The van der Waals surface area contributed by atoms with Crippen LogP contribution in [0.4, 0.5) is 0 Å². The monoisotopic (exact) mass is 271 g/mol. The summed E-state index contributed by atoms with van der Waals surface area (Å²) < 4.78 is 5.11. The van der Waals surface area contributed by atoms with Crippen molar-refractivity contribution in [2.24, 2.45) is 4.99 Å². The number of aliphatic hydroxyl groups is 1. The minimum Gasteiger partial charge on any atom is -0.507 e. The predicted octanol–water partition coefficient (Wildman–Crippen LogP) is 2.55. The second-order valence-corrected chi connectivity index (χ2v) is 4.35. The highest BCUT2D eigenvalue weighted by molar-refractivity contribution is 5.83. The maximum atomic E-state index is 10.1. The minimum atomic E-state index is -0.702. The van der Waals surface area contributed by atoms with Gasteiger partial charge in [0.25, 0.3) is 0 Å². The van der Waals surface area contributed by atoms with Crippen LogP contribution in [0.2, 0.25) is 0 Å². The zero-order valence-electron chi connectivity index (χ0n) is 11.2. The molecule has 0 aliphatic rings. The third-order valence-electron chi connectivity index (χ3n) is 2.92. The van der Waals surface area contributed by atoms with Gasteiger partial charge in [0.15, 0.2) is 0 Å². The maximum absolute atomic E-state index is 10.1. The molecule has 0 amide bonds. The second kappa shape index (κ2) is 6.73. The molecule has 0 aliphatic heterocycles. The SMILES string of the molecule is COc1cccc(C(O)CN=Cc2ccccc2O)c1. The van der Waals surface area contributed by atoms with E-state index in [4.69, 9.17) is 4.74 Å². The van der Waals surface area contributed by atoms with E-state index < -0.39 is 6.10 Å². The van der Waals surface area contributed by atoms with Crippen LogP contribution in [0.1, 0.15) is 17.2 Å². The van der Waals surface area contributed by atoms with E-state index in [1.807, 2.05) is 24.3 Å². The zero-order chi connectivity index (χ0) is 14.4. The largest absolute Gasteiger partial charge is 0.507 e.